The van der Waals surface area contributed by atoms with Gasteiger partial charge in [-0.1, -0.05) is 24.3 Å². The number of ketones is 1. The quantitative estimate of drug-likeness (QED) is 0.846. The van der Waals surface area contributed by atoms with Gasteiger partial charge in [0.1, 0.15) is 5.78 Å². The van der Waals surface area contributed by atoms with Gasteiger partial charge >= 0.3 is 0 Å². The maximum atomic E-state index is 12.1. The maximum Gasteiger partial charge on any atom is 0.227 e. The molecule has 3 atom stereocenters. The first kappa shape index (κ1) is 16.7. The fraction of sp³-hybridized carbons (Fsp3) is 0.556. The molecule has 1 saturated carbocycles. The Balaban J connectivity index is 1.96. The second kappa shape index (κ2) is 7.54. The highest BCUT2D eigenvalue weighted by Gasteiger charge is 2.24. The Kier molecular flexibility index (Phi) is 5.72. The minimum Gasteiger partial charge on any atom is -0.394 e. The van der Waals surface area contributed by atoms with Gasteiger partial charge in [0.05, 0.1) is 12.5 Å². The molecule has 1 aromatic carbocycles. The molecule has 120 valence electrons. The smallest absolute Gasteiger partial charge is 0.227 e. The fourth-order valence-electron chi connectivity index (χ4n) is 2.90. The first-order valence-corrected chi connectivity index (χ1v) is 8.04. The van der Waals surface area contributed by atoms with Crippen molar-refractivity contribution in [2.45, 2.75) is 51.5 Å². The molecule has 4 heteroatoms. The molecular formula is C18H25NO3. The summed E-state index contributed by atoms with van der Waals surface area (Å²) in [5.41, 5.74) is 2.10. The Hall–Kier alpha value is -1.68. The minimum atomic E-state index is -0.254. The van der Waals surface area contributed by atoms with Crippen molar-refractivity contribution in [2.75, 3.05) is 6.61 Å². The lowest BCUT2D eigenvalue weighted by Gasteiger charge is -2.16. The van der Waals surface area contributed by atoms with Crippen LogP contribution in [0.1, 0.15) is 50.2 Å². The van der Waals surface area contributed by atoms with Crippen LogP contribution in [0.3, 0.4) is 0 Å². The SMILES string of the molecule is C[C@@H](CO)NC(=O)[C@H](C)c1ccc(C[C@@H]2CCCC2=O)cc1. The lowest BCUT2D eigenvalue weighted by molar-refractivity contribution is -0.123. The van der Waals surface area contributed by atoms with E-state index >= 15 is 0 Å². The van der Waals surface area contributed by atoms with Crippen LogP contribution in [0, 0.1) is 5.92 Å². The number of nitrogens with one attached hydrogen (secondary N) is 1. The van der Waals surface area contributed by atoms with Crippen molar-refractivity contribution in [1.82, 2.24) is 5.32 Å². The predicted octanol–water partition coefficient (Wildman–Crippen LogP) is 2.20. The summed E-state index contributed by atoms with van der Waals surface area (Å²) in [6.07, 6.45) is 3.55. The molecule has 1 fully saturated rings. The van der Waals surface area contributed by atoms with E-state index in [1.54, 1.807) is 6.92 Å². The van der Waals surface area contributed by atoms with Crippen molar-refractivity contribution >= 4 is 11.7 Å². The van der Waals surface area contributed by atoms with Gasteiger partial charge in [-0.15, -0.1) is 0 Å². The van der Waals surface area contributed by atoms with Crippen LogP contribution in [0.25, 0.3) is 0 Å². The summed E-state index contributed by atoms with van der Waals surface area (Å²) >= 11 is 0. The topological polar surface area (TPSA) is 66.4 Å². The normalized spacial score (nSPS) is 20.7. The van der Waals surface area contributed by atoms with E-state index in [0.717, 1.165) is 36.8 Å². The van der Waals surface area contributed by atoms with Crippen LogP contribution >= 0.6 is 0 Å². The summed E-state index contributed by atoms with van der Waals surface area (Å²) in [7, 11) is 0. The summed E-state index contributed by atoms with van der Waals surface area (Å²) < 4.78 is 0. The van der Waals surface area contributed by atoms with Crippen LogP contribution in [0.4, 0.5) is 0 Å². The predicted molar refractivity (Wildman–Crippen MR) is 85.6 cm³/mol. The molecule has 0 bridgehead atoms. The molecule has 0 unspecified atom stereocenters. The molecule has 0 aliphatic heterocycles. The van der Waals surface area contributed by atoms with Gasteiger partial charge in [-0.25, -0.2) is 0 Å². The monoisotopic (exact) mass is 303 g/mol. The fourth-order valence-corrected chi connectivity index (χ4v) is 2.90. The van der Waals surface area contributed by atoms with Crippen LogP contribution in [0.2, 0.25) is 0 Å². The third-order valence-corrected chi connectivity index (χ3v) is 4.45. The number of hydrogen-bond acceptors (Lipinski definition) is 3. The number of Topliss-reactive ketones (excluding diaryl/α,β-unsaturated/α-hetero) is 1. The largest absolute Gasteiger partial charge is 0.394 e. The van der Waals surface area contributed by atoms with Crippen molar-refractivity contribution in [3.05, 3.63) is 35.4 Å². The summed E-state index contributed by atoms with van der Waals surface area (Å²) in [5.74, 6) is 0.225. The molecule has 1 aliphatic rings. The standard InChI is InChI=1S/C18H25NO3/c1-12(11-20)19-18(22)13(2)15-8-6-14(7-9-15)10-16-4-3-5-17(16)21/h6-9,12-13,16,20H,3-5,10-11H2,1-2H3,(H,19,22)/t12-,13+,16-/m0/s1. The molecule has 22 heavy (non-hydrogen) atoms. The van der Waals surface area contributed by atoms with E-state index in [0.29, 0.717) is 5.78 Å². The van der Waals surface area contributed by atoms with Gasteiger partial charge in [0.25, 0.3) is 0 Å². The van der Waals surface area contributed by atoms with E-state index in [-0.39, 0.29) is 30.4 Å². The molecule has 0 heterocycles. The number of carbonyl (C=O) groups excluding carboxylic acids is 2. The molecule has 2 rings (SSSR count). The molecule has 1 amide bonds. The second-order valence-corrected chi connectivity index (χ2v) is 6.32. The van der Waals surface area contributed by atoms with E-state index in [1.807, 2.05) is 31.2 Å². The van der Waals surface area contributed by atoms with E-state index in [1.165, 1.54) is 0 Å². The van der Waals surface area contributed by atoms with Gasteiger partial charge in [0, 0.05) is 18.4 Å². The summed E-state index contributed by atoms with van der Waals surface area (Å²) in [5, 5.41) is 11.8. The number of benzene rings is 1. The molecule has 0 radical (unpaired) electrons. The average Bonchev–Trinajstić information content (AvgIpc) is 2.92. The van der Waals surface area contributed by atoms with Crippen LogP contribution in [-0.2, 0) is 16.0 Å². The number of carbonyl (C=O) groups is 2. The molecule has 0 saturated heterocycles. The Morgan fingerprint density at radius 3 is 2.55 bits per heavy atom. The molecular weight excluding hydrogens is 278 g/mol. The zero-order valence-electron chi connectivity index (χ0n) is 13.3. The Labute approximate surface area is 131 Å². The molecule has 1 aliphatic carbocycles. The Bertz CT molecular complexity index is 524. The zero-order chi connectivity index (χ0) is 16.1. The first-order chi connectivity index (χ1) is 10.5. The van der Waals surface area contributed by atoms with Crippen molar-refractivity contribution < 1.29 is 14.7 Å². The van der Waals surface area contributed by atoms with E-state index in [2.05, 4.69) is 5.32 Å². The number of amides is 1. The number of aliphatic hydroxyl groups excluding tert-OH is 1. The van der Waals surface area contributed by atoms with E-state index in [9.17, 15) is 9.59 Å². The highest BCUT2D eigenvalue weighted by Crippen LogP contribution is 2.25. The van der Waals surface area contributed by atoms with Gasteiger partial charge in [-0.3, -0.25) is 9.59 Å². The van der Waals surface area contributed by atoms with Gasteiger partial charge in [-0.2, -0.15) is 0 Å². The second-order valence-electron chi connectivity index (χ2n) is 6.32. The third kappa shape index (κ3) is 4.17. The summed E-state index contributed by atoms with van der Waals surface area (Å²) in [6.45, 7) is 3.56. The molecule has 4 nitrogen and oxygen atoms in total. The maximum absolute atomic E-state index is 12.1. The van der Waals surface area contributed by atoms with Gasteiger partial charge in [-0.05, 0) is 44.2 Å². The number of rotatable bonds is 6. The summed E-state index contributed by atoms with van der Waals surface area (Å²) in [4.78, 5) is 23.8. The minimum absolute atomic E-state index is 0.0627. The lowest BCUT2D eigenvalue weighted by atomic mass is 9.94. The zero-order valence-corrected chi connectivity index (χ0v) is 13.3. The van der Waals surface area contributed by atoms with Gasteiger partial charge in [0.15, 0.2) is 0 Å². The molecule has 0 spiro atoms. The van der Waals surface area contributed by atoms with E-state index in [4.69, 9.17) is 5.11 Å². The van der Waals surface area contributed by atoms with Crippen molar-refractivity contribution in [3.8, 4) is 0 Å². The average molecular weight is 303 g/mol. The molecule has 2 N–H and O–H groups in total. The van der Waals surface area contributed by atoms with Crippen LogP contribution in [-0.4, -0.2) is 29.4 Å². The van der Waals surface area contributed by atoms with Crippen LogP contribution in [0.15, 0.2) is 24.3 Å². The van der Waals surface area contributed by atoms with E-state index < -0.39 is 0 Å². The van der Waals surface area contributed by atoms with Crippen LogP contribution in [0.5, 0.6) is 0 Å². The van der Waals surface area contributed by atoms with Crippen molar-refractivity contribution in [2.24, 2.45) is 5.92 Å². The highest BCUT2D eigenvalue weighted by atomic mass is 16.3. The van der Waals surface area contributed by atoms with Crippen molar-refractivity contribution in [3.63, 3.8) is 0 Å². The summed E-state index contributed by atoms with van der Waals surface area (Å²) in [6, 6.07) is 7.72. The van der Waals surface area contributed by atoms with Gasteiger partial charge < -0.3 is 10.4 Å². The third-order valence-electron chi connectivity index (χ3n) is 4.45. The first-order valence-electron chi connectivity index (χ1n) is 8.04. The highest BCUT2D eigenvalue weighted by molar-refractivity contribution is 5.84. The van der Waals surface area contributed by atoms with Gasteiger partial charge in [0.2, 0.25) is 5.91 Å². The Morgan fingerprint density at radius 2 is 2.00 bits per heavy atom. The Morgan fingerprint density at radius 1 is 1.32 bits per heavy atom. The number of hydrogen-bond donors (Lipinski definition) is 2. The van der Waals surface area contributed by atoms with Crippen LogP contribution < -0.4 is 5.32 Å². The molecule has 0 aromatic heterocycles. The number of aliphatic hydroxyl groups is 1. The molecule has 1 aromatic rings. The van der Waals surface area contributed by atoms with Crippen molar-refractivity contribution in [1.29, 1.82) is 0 Å². The lowest BCUT2D eigenvalue weighted by Crippen LogP contribution is -2.37.